The summed E-state index contributed by atoms with van der Waals surface area (Å²) in [6, 6.07) is 7.40. The fourth-order valence-corrected chi connectivity index (χ4v) is 2.67. The van der Waals surface area contributed by atoms with E-state index in [9.17, 15) is 8.42 Å². The quantitative estimate of drug-likeness (QED) is 0.508. The maximum atomic E-state index is 10.8. The topological polar surface area (TPSA) is 98.0 Å². The van der Waals surface area contributed by atoms with Crippen molar-refractivity contribution >= 4 is 33.2 Å². The third kappa shape index (κ3) is 2.71. The van der Waals surface area contributed by atoms with Crippen molar-refractivity contribution < 1.29 is 8.42 Å². The molecule has 0 aliphatic heterocycles. The first-order chi connectivity index (χ1) is 10.5. The number of hydrogen-bond acceptors (Lipinski definition) is 5. The SMILES string of the molecule is Cc1ccncc1-c1cc(N)c2cnc(N[SH](=O)=O)cc2c1. The van der Waals surface area contributed by atoms with Crippen molar-refractivity contribution in [1.29, 1.82) is 0 Å². The zero-order chi connectivity index (χ0) is 15.7. The number of hydrogen-bond donors (Lipinski definition) is 3. The summed E-state index contributed by atoms with van der Waals surface area (Å²) in [4.78, 5) is 8.18. The Hall–Kier alpha value is -2.67. The molecule has 2 heterocycles. The molecule has 22 heavy (non-hydrogen) atoms. The van der Waals surface area contributed by atoms with Crippen molar-refractivity contribution in [3.63, 3.8) is 0 Å². The molecule has 0 fully saturated rings. The maximum Gasteiger partial charge on any atom is 0.223 e. The second kappa shape index (κ2) is 5.61. The second-order valence-corrected chi connectivity index (χ2v) is 5.65. The van der Waals surface area contributed by atoms with Gasteiger partial charge in [-0.3, -0.25) is 9.71 Å². The molecule has 0 atom stereocenters. The smallest absolute Gasteiger partial charge is 0.223 e. The van der Waals surface area contributed by atoms with E-state index in [1.54, 1.807) is 24.7 Å². The van der Waals surface area contributed by atoms with Crippen LogP contribution in [0.3, 0.4) is 0 Å². The van der Waals surface area contributed by atoms with Crippen molar-refractivity contribution in [2.24, 2.45) is 0 Å². The van der Waals surface area contributed by atoms with Crippen LogP contribution in [0.4, 0.5) is 11.5 Å². The summed E-state index contributed by atoms with van der Waals surface area (Å²) in [6.45, 7) is 2.00. The van der Waals surface area contributed by atoms with Crippen molar-refractivity contribution in [3.8, 4) is 11.1 Å². The summed E-state index contributed by atoms with van der Waals surface area (Å²) in [6.07, 6.45) is 5.08. The third-order valence-corrected chi connectivity index (χ3v) is 3.84. The summed E-state index contributed by atoms with van der Waals surface area (Å²) in [5.74, 6) is 0.267. The molecule has 0 spiro atoms. The number of nitrogens with two attached hydrogens (primary N) is 1. The average molecular weight is 314 g/mol. The van der Waals surface area contributed by atoms with Gasteiger partial charge in [-0.25, -0.2) is 13.4 Å². The van der Waals surface area contributed by atoms with E-state index in [2.05, 4.69) is 14.7 Å². The Kier molecular flexibility index (Phi) is 3.64. The van der Waals surface area contributed by atoms with Crippen LogP contribution in [-0.4, -0.2) is 18.4 Å². The first kappa shape index (κ1) is 14.3. The molecule has 0 saturated heterocycles. The number of rotatable bonds is 3. The van der Waals surface area contributed by atoms with Crippen LogP contribution in [0.1, 0.15) is 5.56 Å². The fraction of sp³-hybridized carbons (Fsp3) is 0.0667. The van der Waals surface area contributed by atoms with Crippen LogP contribution in [0.2, 0.25) is 0 Å². The highest BCUT2D eigenvalue weighted by atomic mass is 32.2. The highest BCUT2D eigenvalue weighted by molar-refractivity contribution is 7.73. The van der Waals surface area contributed by atoms with E-state index in [0.717, 1.165) is 27.5 Å². The maximum absolute atomic E-state index is 10.8. The van der Waals surface area contributed by atoms with E-state index < -0.39 is 10.9 Å². The minimum absolute atomic E-state index is 0.267. The van der Waals surface area contributed by atoms with Crippen molar-refractivity contribution in [2.45, 2.75) is 6.92 Å². The molecule has 0 radical (unpaired) electrons. The number of nitrogens with zero attached hydrogens (tertiary/aromatic N) is 2. The molecule has 3 N–H and O–H groups in total. The number of fused-ring (bicyclic) bond motifs is 1. The Balaban J connectivity index is 2.19. The molecule has 0 aliphatic carbocycles. The standard InChI is InChI=1S/C15H14N4O2S/c1-9-2-3-17-7-12(9)10-4-11-6-15(19-22(20)21)18-8-13(11)14(16)5-10/h2-8,22H,16H2,1H3,(H,18,19,20,21). The molecule has 112 valence electrons. The Morgan fingerprint density at radius 3 is 2.73 bits per heavy atom. The van der Waals surface area contributed by atoms with E-state index in [4.69, 9.17) is 5.73 Å². The second-order valence-electron chi connectivity index (χ2n) is 4.92. The monoisotopic (exact) mass is 314 g/mol. The van der Waals surface area contributed by atoms with Crippen LogP contribution >= 0.6 is 0 Å². The van der Waals surface area contributed by atoms with Gasteiger partial charge < -0.3 is 5.73 Å². The number of pyridine rings is 2. The predicted molar refractivity (Wildman–Crippen MR) is 88.1 cm³/mol. The summed E-state index contributed by atoms with van der Waals surface area (Å²) in [5, 5.41) is 1.59. The summed E-state index contributed by atoms with van der Waals surface area (Å²) < 4.78 is 23.8. The lowest BCUT2D eigenvalue weighted by Crippen LogP contribution is -1.98. The number of anilines is 2. The molecule has 0 saturated carbocycles. The van der Waals surface area contributed by atoms with E-state index in [0.29, 0.717) is 5.69 Å². The molecule has 3 aromatic rings. The summed E-state index contributed by atoms with van der Waals surface area (Å²) >= 11 is 0. The van der Waals surface area contributed by atoms with Gasteiger partial charge in [0.25, 0.3) is 0 Å². The van der Waals surface area contributed by atoms with Crippen LogP contribution in [0.25, 0.3) is 21.9 Å². The van der Waals surface area contributed by atoms with Crippen molar-refractivity contribution in [1.82, 2.24) is 9.97 Å². The average Bonchev–Trinajstić information content (AvgIpc) is 2.46. The van der Waals surface area contributed by atoms with Gasteiger partial charge in [0.15, 0.2) is 0 Å². The van der Waals surface area contributed by atoms with Gasteiger partial charge in [0.2, 0.25) is 10.9 Å². The van der Waals surface area contributed by atoms with E-state index in [1.807, 2.05) is 25.1 Å². The Morgan fingerprint density at radius 2 is 2.00 bits per heavy atom. The molecule has 0 bridgehead atoms. The van der Waals surface area contributed by atoms with Gasteiger partial charge in [0, 0.05) is 35.2 Å². The number of benzene rings is 1. The number of aryl methyl sites for hydroxylation is 1. The zero-order valence-electron chi connectivity index (χ0n) is 11.8. The van der Waals surface area contributed by atoms with Gasteiger partial charge >= 0.3 is 0 Å². The lowest BCUT2D eigenvalue weighted by Gasteiger charge is -2.10. The highest BCUT2D eigenvalue weighted by Crippen LogP contribution is 2.31. The number of nitrogens with one attached hydrogen (secondary N) is 1. The Morgan fingerprint density at radius 1 is 1.18 bits per heavy atom. The lowest BCUT2D eigenvalue weighted by atomic mass is 9.99. The van der Waals surface area contributed by atoms with Crippen LogP contribution in [0.5, 0.6) is 0 Å². The third-order valence-electron chi connectivity index (χ3n) is 3.42. The molecule has 3 rings (SSSR count). The fourth-order valence-electron chi connectivity index (χ4n) is 2.36. The van der Waals surface area contributed by atoms with E-state index in [-0.39, 0.29) is 5.82 Å². The van der Waals surface area contributed by atoms with Gasteiger partial charge in [-0.05, 0) is 47.7 Å². The van der Waals surface area contributed by atoms with Crippen LogP contribution in [0, 0.1) is 6.92 Å². The largest absolute Gasteiger partial charge is 0.398 e. The molecule has 7 heteroatoms. The zero-order valence-corrected chi connectivity index (χ0v) is 12.7. The van der Waals surface area contributed by atoms with Gasteiger partial charge in [0.1, 0.15) is 5.82 Å². The molecule has 0 aliphatic rings. The van der Waals surface area contributed by atoms with Gasteiger partial charge in [-0.15, -0.1) is 0 Å². The Bertz CT molecular complexity index is 930. The predicted octanol–water partition coefficient (Wildman–Crippen LogP) is 2.13. The lowest BCUT2D eigenvalue weighted by molar-refractivity contribution is 0.619. The Labute approximate surface area is 129 Å². The highest BCUT2D eigenvalue weighted by Gasteiger charge is 2.08. The normalized spacial score (nSPS) is 11.0. The number of aromatic nitrogens is 2. The van der Waals surface area contributed by atoms with Gasteiger partial charge in [-0.1, -0.05) is 0 Å². The number of nitrogen functional groups attached to an aromatic ring is 1. The molecule has 6 nitrogen and oxygen atoms in total. The van der Waals surface area contributed by atoms with E-state index in [1.165, 1.54) is 0 Å². The van der Waals surface area contributed by atoms with Crippen LogP contribution < -0.4 is 10.5 Å². The number of thiol groups is 1. The van der Waals surface area contributed by atoms with E-state index >= 15 is 0 Å². The molecule has 0 unspecified atom stereocenters. The molecule has 0 amide bonds. The molecule has 2 aromatic heterocycles. The first-order valence-electron chi connectivity index (χ1n) is 6.56. The summed E-state index contributed by atoms with van der Waals surface area (Å²) in [5.41, 5.74) is 9.68. The molecular weight excluding hydrogens is 300 g/mol. The van der Waals surface area contributed by atoms with Gasteiger partial charge in [0.05, 0.1) is 0 Å². The minimum atomic E-state index is -2.75. The van der Waals surface area contributed by atoms with Gasteiger partial charge in [-0.2, -0.15) is 0 Å². The first-order valence-corrected chi connectivity index (χ1v) is 7.73. The minimum Gasteiger partial charge on any atom is -0.398 e. The molecule has 1 aromatic carbocycles. The molecular formula is C15H14N4O2S. The summed E-state index contributed by atoms with van der Waals surface area (Å²) in [7, 11) is -2.75. The van der Waals surface area contributed by atoms with Crippen molar-refractivity contribution in [3.05, 3.63) is 48.4 Å². The van der Waals surface area contributed by atoms with Crippen molar-refractivity contribution in [2.75, 3.05) is 10.5 Å². The van der Waals surface area contributed by atoms with Crippen LogP contribution in [-0.2, 0) is 10.9 Å². The van der Waals surface area contributed by atoms with Crippen LogP contribution in [0.15, 0.2) is 42.9 Å².